The second-order valence-electron chi connectivity index (χ2n) is 7.49. The zero-order chi connectivity index (χ0) is 24.8. The van der Waals surface area contributed by atoms with Crippen LogP contribution < -0.4 is 5.56 Å². The molecule has 0 bridgehead atoms. The van der Waals surface area contributed by atoms with Gasteiger partial charge in [0.05, 0.1) is 19.0 Å². The number of oxazole rings is 1. The van der Waals surface area contributed by atoms with E-state index in [9.17, 15) is 18.4 Å². The molecular weight excluding hydrogens is 555 g/mol. The largest absolute Gasteiger partial charge is 2.00 e. The molecule has 0 saturated heterocycles. The van der Waals surface area contributed by atoms with Gasteiger partial charge in [-0.3, -0.25) is 16.1 Å². The van der Waals surface area contributed by atoms with E-state index in [1.165, 1.54) is 65.6 Å². The summed E-state index contributed by atoms with van der Waals surface area (Å²) < 4.78 is 32.3. The summed E-state index contributed by atoms with van der Waals surface area (Å²) in [6.07, 6.45) is 7.43. The van der Waals surface area contributed by atoms with Gasteiger partial charge in [0.15, 0.2) is 5.56 Å². The Bertz CT molecular complexity index is 1430. The maximum absolute atomic E-state index is 13.0. The zero-order valence-electron chi connectivity index (χ0n) is 18.3. The van der Waals surface area contributed by atoms with Gasteiger partial charge in [0.1, 0.15) is 6.26 Å². The van der Waals surface area contributed by atoms with E-state index in [0.717, 1.165) is 10.9 Å². The van der Waals surface area contributed by atoms with E-state index in [1.807, 2.05) is 0 Å². The molecule has 3 heterocycles. The van der Waals surface area contributed by atoms with Gasteiger partial charge in [-0.25, -0.2) is 13.8 Å². The molecule has 11 heteroatoms. The van der Waals surface area contributed by atoms with Gasteiger partial charge in [0, 0.05) is 16.5 Å². The SMILES string of the molecule is C(#CC1CC1)c1cn[c-]s1.O=[C-]c1cc(=O)n(Cc2ncco2)cc1-c1cc(C(F)F)ccc1Cl.[Ni+2]. The molecular formula is C25H16ClF2N3NiO3S. The molecule has 1 fully saturated rings. The van der Waals surface area contributed by atoms with Gasteiger partial charge in [0.25, 0.3) is 6.43 Å². The van der Waals surface area contributed by atoms with Gasteiger partial charge in [-0.15, -0.1) is 23.6 Å². The third kappa shape index (κ3) is 7.20. The molecule has 1 aliphatic carbocycles. The van der Waals surface area contributed by atoms with E-state index in [2.05, 4.69) is 27.3 Å². The van der Waals surface area contributed by atoms with Crippen LogP contribution in [0, 0.1) is 23.3 Å². The molecule has 3 aromatic heterocycles. The van der Waals surface area contributed by atoms with E-state index >= 15 is 0 Å². The van der Waals surface area contributed by atoms with Crippen LogP contribution in [0.2, 0.25) is 5.02 Å². The predicted octanol–water partition coefficient (Wildman–Crippen LogP) is 5.30. The minimum absolute atomic E-state index is 0. The van der Waals surface area contributed by atoms with Crippen molar-refractivity contribution in [1.82, 2.24) is 14.5 Å². The molecule has 0 unspecified atom stereocenters. The van der Waals surface area contributed by atoms with Gasteiger partial charge >= 0.3 is 16.5 Å². The Balaban J connectivity index is 0.000000273. The van der Waals surface area contributed by atoms with Crippen LogP contribution in [0.25, 0.3) is 11.1 Å². The van der Waals surface area contributed by atoms with Crippen LogP contribution in [0.1, 0.15) is 41.2 Å². The summed E-state index contributed by atoms with van der Waals surface area (Å²) in [4.78, 5) is 32.1. The van der Waals surface area contributed by atoms with Crippen LogP contribution in [0.5, 0.6) is 0 Å². The first-order valence-electron chi connectivity index (χ1n) is 10.4. The average molecular weight is 571 g/mol. The van der Waals surface area contributed by atoms with Crippen molar-refractivity contribution in [1.29, 1.82) is 0 Å². The number of hydrogen-bond acceptors (Lipinski definition) is 6. The van der Waals surface area contributed by atoms with Crippen molar-refractivity contribution in [3.05, 3.63) is 91.9 Å². The van der Waals surface area contributed by atoms with Gasteiger partial charge < -0.3 is 18.8 Å². The number of alkyl halides is 2. The second kappa shape index (κ2) is 12.7. The van der Waals surface area contributed by atoms with Crippen molar-refractivity contribution in [2.45, 2.75) is 25.8 Å². The third-order valence-corrected chi connectivity index (χ3v) is 5.88. The molecule has 36 heavy (non-hydrogen) atoms. The number of benzene rings is 1. The minimum Gasteiger partial charge on any atom is -0.447 e. The molecule has 0 aliphatic heterocycles. The van der Waals surface area contributed by atoms with Crippen LogP contribution in [0.3, 0.4) is 0 Å². The summed E-state index contributed by atoms with van der Waals surface area (Å²) in [5, 5.41) is 0.169. The number of hydrogen-bond donors (Lipinski definition) is 0. The molecule has 5 rings (SSSR count). The van der Waals surface area contributed by atoms with E-state index in [4.69, 9.17) is 16.0 Å². The van der Waals surface area contributed by atoms with E-state index in [0.29, 0.717) is 5.92 Å². The zero-order valence-corrected chi connectivity index (χ0v) is 20.9. The van der Waals surface area contributed by atoms with Crippen molar-refractivity contribution in [3.63, 3.8) is 0 Å². The van der Waals surface area contributed by atoms with Crippen LogP contribution in [-0.2, 0) is 27.8 Å². The van der Waals surface area contributed by atoms with Gasteiger partial charge in [0.2, 0.25) is 5.89 Å². The number of carbonyl (C=O) groups excluding carboxylic acids is 1. The minimum atomic E-state index is -2.70. The van der Waals surface area contributed by atoms with Crippen molar-refractivity contribution in [3.8, 4) is 23.0 Å². The molecule has 0 N–H and O–H groups in total. The number of halogens is 3. The van der Waals surface area contributed by atoms with Crippen LogP contribution in [0.15, 0.2) is 58.3 Å². The molecule has 6 nitrogen and oxygen atoms in total. The van der Waals surface area contributed by atoms with Crippen LogP contribution in [0.4, 0.5) is 8.78 Å². The fourth-order valence-electron chi connectivity index (χ4n) is 3.00. The first kappa shape index (κ1) is 27.5. The Hall–Kier alpha value is -3.12. The Labute approximate surface area is 224 Å². The van der Waals surface area contributed by atoms with Crippen molar-refractivity contribution < 1.29 is 34.5 Å². The summed E-state index contributed by atoms with van der Waals surface area (Å²) in [7, 11) is 0. The monoisotopic (exact) mass is 569 g/mol. The normalized spacial score (nSPS) is 12.1. The Kier molecular flexibility index (Phi) is 9.71. The summed E-state index contributed by atoms with van der Waals surface area (Å²) in [5.74, 6) is 7.18. The van der Waals surface area contributed by atoms with E-state index < -0.39 is 12.0 Å². The van der Waals surface area contributed by atoms with Gasteiger partial charge in [-0.2, -0.15) is 0 Å². The molecule has 1 saturated carbocycles. The predicted molar refractivity (Wildman–Crippen MR) is 127 cm³/mol. The number of thiazole rings is 1. The summed E-state index contributed by atoms with van der Waals surface area (Å²) in [6.45, 7) is 0.0180. The molecule has 186 valence electrons. The second-order valence-corrected chi connectivity index (χ2v) is 8.73. The average Bonchev–Trinajstić information content (AvgIpc) is 3.28. The molecule has 0 spiro atoms. The molecule has 0 radical (unpaired) electrons. The quantitative estimate of drug-likeness (QED) is 0.185. The van der Waals surface area contributed by atoms with Crippen molar-refractivity contribution >= 4 is 29.2 Å². The molecule has 1 aromatic carbocycles. The molecule has 1 aliphatic rings. The van der Waals surface area contributed by atoms with E-state index in [1.54, 1.807) is 12.5 Å². The van der Waals surface area contributed by atoms with E-state index in [-0.39, 0.29) is 56.2 Å². The van der Waals surface area contributed by atoms with Crippen molar-refractivity contribution in [2.75, 3.05) is 0 Å². The van der Waals surface area contributed by atoms with Crippen molar-refractivity contribution in [2.24, 2.45) is 5.92 Å². The first-order chi connectivity index (χ1) is 16.9. The summed E-state index contributed by atoms with van der Waals surface area (Å²) in [6, 6.07) is 4.76. The summed E-state index contributed by atoms with van der Waals surface area (Å²) >= 11 is 7.59. The van der Waals surface area contributed by atoms with Crippen LogP contribution in [-0.4, -0.2) is 20.8 Å². The fourth-order valence-corrected chi connectivity index (χ4v) is 3.64. The third-order valence-electron chi connectivity index (χ3n) is 4.92. The Morgan fingerprint density at radius 3 is 2.72 bits per heavy atom. The smallest absolute Gasteiger partial charge is 0.447 e. The van der Waals surface area contributed by atoms with Gasteiger partial charge in [-0.1, -0.05) is 45.8 Å². The first-order valence-corrected chi connectivity index (χ1v) is 11.6. The summed E-state index contributed by atoms with van der Waals surface area (Å²) in [5.41, 5.74) is 2.39. The molecule has 4 aromatic rings. The standard InChI is InChI=1S/C17H10ClF2N2O3.C8H6NS.Ni/c18-14-2-1-10(17(19)20)5-12(14)13-7-22(8-15-21-3-4-25-15)16(24)6-11(13)9-23;1-2-7(1)3-4-8-5-9-6-10-8;/h1-7,17H,8H2;5,7H,1-2H2;/q2*-1;+2. The van der Waals surface area contributed by atoms with Crippen LogP contribution >= 0.6 is 22.9 Å². The Morgan fingerprint density at radius 2 is 2.11 bits per heavy atom. The fraction of sp³-hybridized carbons (Fsp3) is 0.200. The van der Waals surface area contributed by atoms with Gasteiger partial charge in [-0.05, 0) is 30.6 Å². The number of nitrogens with zero attached hydrogens (tertiary/aromatic N) is 3. The topological polar surface area (TPSA) is 78.0 Å². The molecule has 0 amide bonds. The number of rotatable bonds is 5. The molecule has 0 atom stereocenters. The Morgan fingerprint density at radius 1 is 1.31 bits per heavy atom. The maximum Gasteiger partial charge on any atom is 2.00 e. The number of pyridine rings is 1. The number of aromatic nitrogens is 3. The maximum atomic E-state index is 13.0.